The molecule has 0 radical (unpaired) electrons. The number of carbonyl (C=O) groups is 1. The van der Waals surface area contributed by atoms with Crippen molar-refractivity contribution >= 4 is 28.2 Å². The number of aromatic amines is 1. The smallest absolute Gasteiger partial charge is 0.227 e. The van der Waals surface area contributed by atoms with E-state index in [1.165, 1.54) is 0 Å². The first-order valence-corrected chi connectivity index (χ1v) is 10.8. The number of nitrogens with zero attached hydrogens (tertiary/aromatic N) is 1. The molecule has 0 aliphatic heterocycles. The number of fused-ring (bicyclic) bond motifs is 1. The average molecular weight is 458 g/mol. The highest BCUT2D eigenvalue weighted by Crippen LogP contribution is 2.38. The molecule has 0 bridgehead atoms. The number of hydrogen-bond acceptors (Lipinski definition) is 5. The number of rotatable bonds is 7. The number of aromatic hydroxyl groups is 1. The van der Waals surface area contributed by atoms with Crippen LogP contribution in [0.15, 0.2) is 71.7 Å². The predicted molar refractivity (Wildman–Crippen MR) is 133 cm³/mol. The second-order valence-electron chi connectivity index (χ2n) is 8.46. The van der Waals surface area contributed by atoms with Gasteiger partial charge in [0.1, 0.15) is 0 Å². The van der Waals surface area contributed by atoms with Gasteiger partial charge in [-0.25, -0.2) is 4.99 Å². The molecule has 7 heteroatoms. The minimum Gasteiger partial charge on any atom is -0.494 e. The van der Waals surface area contributed by atoms with Crippen LogP contribution in [-0.2, 0) is 10.2 Å². The van der Waals surface area contributed by atoms with Gasteiger partial charge in [0.25, 0.3) is 0 Å². The third kappa shape index (κ3) is 4.08. The van der Waals surface area contributed by atoms with E-state index in [4.69, 9.17) is 20.2 Å². The Morgan fingerprint density at radius 1 is 0.971 bits per heavy atom. The van der Waals surface area contributed by atoms with Crippen LogP contribution in [0.3, 0.4) is 0 Å². The second kappa shape index (κ2) is 8.94. The first-order valence-electron chi connectivity index (χ1n) is 10.8. The van der Waals surface area contributed by atoms with Gasteiger partial charge in [-0.1, -0.05) is 42.5 Å². The van der Waals surface area contributed by atoms with Crippen LogP contribution in [0.2, 0.25) is 0 Å². The number of H-pyrrole nitrogens is 1. The van der Waals surface area contributed by atoms with Crippen LogP contribution >= 0.6 is 0 Å². The van der Waals surface area contributed by atoms with Gasteiger partial charge in [-0.05, 0) is 37.6 Å². The maximum absolute atomic E-state index is 11.8. The minimum atomic E-state index is -0.796. The molecular formula is C27H27N3O4. The number of ether oxygens (including phenoxy) is 2. The van der Waals surface area contributed by atoms with E-state index >= 15 is 0 Å². The molecule has 0 spiro atoms. The van der Waals surface area contributed by atoms with Gasteiger partial charge in [0.05, 0.1) is 42.1 Å². The Morgan fingerprint density at radius 3 is 2.18 bits per heavy atom. The van der Waals surface area contributed by atoms with Crippen molar-refractivity contribution in [3.05, 3.63) is 83.4 Å². The van der Waals surface area contributed by atoms with E-state index in [0.29, 0.717) is 34.0 Å². The van der Waals surface area contributed by atoms with Crippen molar-refractivity contribution in [3.63, 3.8) is 0 Å². The summed E-state index contributed by atoms with van der Waals surface area (Å²) >= 11 is 0. The fourth-order valence-corrected chi connectivity index (χ4v) is 3.83. The van der Waals surface area contributed by atoms with Gasteiger partial charge in [0.15, 0.2) is 17.4 Å². The van der Waals surface area contributed by atoms with Gasteiger partial charge in [-0.2, -0.15) is 0 Å². The molecule has 4 aromatic rings. The van der Waals surface area contributed by atoms with E-state index in [9.17, 15) is 9.90 Å². The normalized spacial score (nSPS) is 12.1. The van der Waals surface area contributed by atoms with Gasteiger partial charge < -0.3 is 25.3 Å². The number of hydrogen-bond donors (Lipinski definition) is 3. The third-order valence-electron chi connectivity index (χ3n) is 6.01. The number of primary amides is 1. The monoisotopic (exact) mass is 457 g/mol. The van der Waals surface area contributed by atoms with Crippen molar-refractivity contribution < 1.29 is 19.4 Å². The maximum Gasteiger partial charge on any atom is 0.227 e. The van der Waals surface area contributed by atoms with Gasteiger partial charge in [0.2, 0.25) is 5.91 Å². The molecule has 1 heterocycles. The molecule has 34 heavy (non-hydrogen) atoms. The second-order valence-corrected chi connectivity index (χ2v) is 8.46. The van der Waals surface area contributed by atoms with Crippen molar-refractivity contribution in [1.29, 1.82) is 0 Å². The lowest BCUT2D eigenvalue weighted by molar-refractivity contribution is -0.122. The molecule has 0 saturated heterocycles. The van der Waals surface area contributed by atoms with Crippen LogP contribution < -0.4 is 15.2 Å². The third-order valence-corrected chi connectivity index (χ3v) is 6.01. The highest BCUT2D eigenvalue weighted by Gasteiger charge is 2.27. The number of aromatic nitrogens is 1. The number of nitrogens with two attached hydrogens (primary N) is 1. The summed E-state index contributed by atoms with van der Waals surface area (Å²) in [6, 6.07) is 20.6. The van der Waals surface area contributed by atoms with Crippen LogP contribution in [0.4, 0.5) is 5.69 Å². The summed E-state index contributed by atoms with van der Waals surface area (Å²) in [6.07, 6.45) is 0. The zero-order valence-corrected chi connectivity index (χ0v) is 19.5. The zero-order chi connectivity index (χ0) is 24.5. The van der Waals surface area contributed by atoms with Crippen molar-refractivity contribution in [3.8, 4) is 17.4 Å². The summed E-state index contributed by atoms with van der Waals surface area (Å²) in [5.74, 6) is 0.676. The van der Waals surface area contributed by atoms with E-state index in [0.717, 1.165) is 16.5 Å². The molecule has 4 rings (SSSR count). The van der Waals surface area contributed by atoms with E-state index in [1.54, 1.807) is 34.1 Å². The molecule has 0 unspecified atom stereocenters. The Kier molecular flexibility index (Phi) is 6.03. The largest absolute Gasteiger partial charge is 0.494 e. The van der Waals surface area contributed by atoms with Crippen molar-refractivity contribution in [2.75, 3.05) is 14.2 Å². The molecule has 4 N–H and O–H groups in total. The fourth-order valence-electron chi connectivity index (χ4n) is 3.83. The standard InChI is InChI=1S/C27H27N3O4/c1-27(2,26(28)32)17-10-12-18(13-11-17)29-24(16-8-6-5-7-9-16)23-19-14-21(33-3)22(34-4)15-20(19)30-25(23)31/h5-15,30-31H,1-4H3,(H2,28,32). The Balaban J connectivity index is 1.91. The topological polar surface area (TPSA) is 110 Å². The molecule has 0 atom stereocenters. The van der Waals surface area contributed by atoms with Crippen molar-refractivity contribution in [1.82, 2.24) is 4.98 Å². The first kappa shape index (κ1) is 22.9. The molecule has 174 valence electrons. The average Bonchev–Trinajstić information content (AvgIpc) is 3.16. The number of nitrogens with one attached hydrogen (secondary N) is 1. The Morgan fingerprint density at radius 2 is 1.59 bits per heavy atom. The van der Waals surface area contributed by atoms with E-state index in [2.05, 4.69) is 4.98 Å². The van der Waals surface area contributed by atoms with Gasteiger partial charge >= 0.3 is 0 Å². The maximum atomic E-state index is 11.8. The summed E-state index contributed by atoms with van der Waals surface area (Å²) in [6.45, 7) is 3.57. The summed E-state index contributed by atoms with van der Waals surface area (Å²) in [7, 11) is 3.13. The summed E-state index contributed by atoms with van der Waals surface area (Å²) in [5.41, 5.74) is 8.87. The van der Waals surface area contributed by atoms with Gasteiger partial charge in [0, 0.05) is 17.0 Å². The predicted octanol–water partition coefficient (Wildman–Crippen LogP) is 4.82. The first-order chi connectivity index (χ1) is 16.3. The molecule has 1 aromatic heterocycles. The molecule has 3 aromatic carbocycles. The van der Waals surface area contributed by atoms with E-state index in [-0.39, 0.29) is 5.88 Å². The van der Waals surface area contributed by atoms with Crippen LogP contribution in [0, 0.1) is 0 Å². The van der Waals surface area contributed by atoms with Crippen LogP contribution in [0.25, 0.3) is 10.9 Å². The molecular weight excluding hydrogens is 430 g/mol. The van der Waals surface area contributed by atoms with Crippen LogP contribution in [-0.4, -0.2) is 35.9 Å². The molecule has 0 saturated carbocycles. The highest BCUT2D eigenvalue weighted by molar-refractivity contribution is 6.22. The number of carbonyl (C=O) groups excluding carboxylic acids is 1. The molecule has 1 amide bonds. The van der Waals surface area contributed by atoms with Crippen LogP contribution in [0.1, 0.15) is 30.5 Å². The summed E-state index contributed by atoms with van der Waals surface area (Å²) in [5, 5.41) is 11.7. The number of amides is 1. The lowest BCUT2D eigenvalue weighted by Gasteiger charge is -2.20. The Bertz CT molecular complexity index is 1370. The summed E-state index contributed by atoms with van der Waals surface area (Å²) in [4.78, 5) is 19.7. The van der Waals surface area contributed by atoms with Crippen molar-refractivity contribution in [2.24, 2.45) is 10.7 Å². The molecule has 0 aliphatic rings. The molecule has 0 fully saturated rings. The van der Waals surface area contributed by atoms with Gasteiger partial charge in [-0.3, -0.25) is 4.79 Å². The molecule has 7 nitrogen and oxygen atoms in total. The lowest BCUT2D eigenvalue weighted by atomic mass is 9.84. The molecule has 0 aliphatic carbocycles. The number of benzene rings is 3. The SMILES string of the molecule is COc1cc2[nH]c(O)c(C(=Nc3ccc(C(C)(C)C(N)=O)cc3)c3ccccc3)c2cc1OC. The van der Waals surface area contributed by atoms with E-state index < -0.39 is 11.3 Å². The summed E-state index contributed by atoms with van der Waals surface area (Å²) < 4.78 is 10.9. The van der Waals surface area contributed by atoms with Crippen molar-refractivity contribution in [2.45, 2.75) is 19.3 Å². The van der Waals surface area contributed by atoms with Crippen LogP contribution in [0.5, 0.6) is 17.4 Å². The quantitative estimate of drug-likeness (QED) is 0.346. The number of aliphatic imine (C=N–C) groups is 1. The Labute approximate surface area is 197 Å². The van der Waals surface area contributed by atoms with Gasteiger partial charge in [-0.15, -0.1) is 0 Å². The minimum absolute atomic E-state index is 0.0145. The number of methoxy groups -OCH3 is 2. The lowest BCUT2D eigenvalue weighted by Crippen LogP contribution is -2.35. The Hall–Kier alpha value is -4.26. The highest BCUT2D eigenvalue weighted by atomic mass is 16.5. The fraction of sp³-hybridized carbons (Fsp3) is 0.185. The van der Waals surface area contributed by atoms with E-state index in [1.807, 2.05) is 60.7 Å². The zero-order valence-electron chi connectivity index (χ0n) is 19.5.